The van der Waals surface area contributed by atoms with E-state index in [1.165, 1.54) is 0 Å². The number of rotatable bonds is 5. The van der Waals surface area contributed by atoms with Crippen molar-refractivity contribution in [1.29, 1.82) is 0 Å². The van der Waals surface area contributed by atoms with Crippen molar-refractivity contribution in [2.75, 3.05) is 14.2 Å². The van der Waals surface area contributed by atoms with E-state index in [4.69, 9.17) is 9.47 Å². The molecule has 22 heavy (non-hydrogen) atoms. The van der Waals surface area contributed by atoms with Crippen molar-refractivity contribution in [2.45, 2.75) is 19.9 Å². The molecule has 1 heterocycles. The number of methoxy groups -OCH3 is 2. The standard InChI is InChI=1S/C16H21N3O3/c1-10(15-9-19(3)18-11(15)2)17-16(20)12-6-13(21-4)8-14(7-12)22-5/h6-10H,1-5H3,(H,17,20). The summed E-state index contributed by atoms with van der Waals surface area (Å²) in [5.74, 6) is 0.970. The van der Waals surface area contributed by atoms with Crippen LogP contribution < -0.4 is 14.8 Å². The summed E-state index contributed by atoms with van der Waals surface area (Å²) < 4.78 is 12.1. The van der Waals surface area contributed by atoms with E-state index < -0.39 is 0 Å². The second-order valence-corrected chi connectivity index (χ2v) is 5.14. The first-order valence-electron chi connectivity index (χ1n) is 6.98. The van der Waals surface area contributed by atoms with Crippen molar-refractivity contribution in [3.63, 3.8) is 0 Å². The molecule has 0 bridgehead atoms. The highest BCUT2D eigenvalue weighted by molar-refractivity contribution is 5.95. The second-order valence-electron chi connectivity index (χ2n) is 5.14. The molecule has 1 N–H and O–H groups in total. The Kier molecular flexibility index (Phi) is 4.70. The van der Waals surface area contributed by atoms with Crippen molar-refractivity contribution in [2.24, 2.45) is 7.05 Å². The Balaban J connectivity index is 2.20. The summed E-state index contributed by atoms with van der Waals surface area (Å²) in [5, 5.41) is 7.26. The second kappa shape index (κ2) is 6.51. The van der Waals surface area contributed by atoms with Gasteiger partial charge in [-0.3, -0.25) is 9.48 Å². The van der Waals surface area contributed by atoms with Gasteiger partial charge in [-0.05, 0) is 26.0 Å². The van der Waals surface area contributed by atoms with E-state index in [2.05, 4.69) is 10.4 Å². The van der Waals surface area contributed by atoms with Crippen LogP contribution in [0.25, 0.3) is 0 Å². The topological polar surface area (TPSA) is 65.4 Å². The van der Waals surface area contributed by atoms with E-state index in [-0.39, 0.29) is 11.9 Å². The Hall–Kier alpha value is -2.50. The predicted molar refractivity (Wildman–Crippen MR) is 83.4 cm³/mol. The van der Waals surface area contributed by atoms with Crippen LogP contribution in [0, 0.1) is 6.92 Å². The Labute approximate surface area is 130 Å². The number of nitrogens with zero attached hydrogens (tertiary/aromatic N) is 2. The smallest absolute Gasteiger partial charge is 0.252 e. The quantitative estimate of drug-likeness (QED) is 0.920. The molecular formula is C16H21N3O3. The summed E-state index contributed by atoms with van der Waals surface area (Å²) >= 11 is 0. The minimum atomic E-state index is -0.187. The van der Waals surface area contributed by atoms with Crippen LogP contribution in [-0.4, -0.2) is 29.9 Å². The van der Waals surface area contributed by atoms with Crippen molar-refractivity contribution >= 4 is 5.91 Å². The molecule has 1 aromatic heterocycles. The lowest BCUT2D eigenvalue weighted by Crippen LogP contribution is -2.26. The van der Waals surface area contributed by atoms with E-state index in [9.17, 15) is 4.79 Å². The zero-order valence-corrected chi connectivity index (χ0v) is 13.5. The molecule has 0 spiro atoms. The Morgan fingerprint density at radius 2 is 1.82 bits per heavy atom. The van der Waals surface area contributed by atoms with Crippen LogP contribution in [0.15, 0.2) is 24.4 Å². The van der Waals surface area contributed by atoms with Crippen LogP contribution in [-0.2, 0) is 7.05 Å². The van der Waals surface area contributed by atoms with Crippen LogP contribution in [0.1, 0.15) is 34.6 Å². The summed E-state index contributed by atoms with van der Waals surface area (Å²) in [7, 11) is 4.97. The molecule has 2 aromatic rings. The van der Waals surface area contributed by atoms with Crippen LogP contribution in [0.4, 0.5) is 0 Å². The molecule has 118 valence electrons. The molecule has 0 saturated heterocycles. The molecule has 0 aliphatic carbocycles. The van der Waals surface area contributed by atoms with Gasteiger partial charge in [0.15, 0.2) is 0 Å². The average Bonchev–Trinajstić information content (AvgIpc) is 2.85. The first-order chi connectivity index (χ1) is 10.4. The van der Waals surface area contributed by atoms with Gasteiger partial charge in [-0.1, -0.05) is 0 Å². The normalized spacial score (nSPS) is 11.9. The maximum atomic E-state index is 12.4. The van der Waals surface area contributed by atoms with E-state index >= 15 is 0 Å². The van der Waals surface area contributed by atoms with Gasteiger partial charge in [0.2, 0.25) is 0 Å². The number of carbonyl (C=O) groups is 1. The van der Waals surface area contributed by atoms with E-state index in [0.717, 1.165) is 11.3 Å². The summed E-state index contributed by atoms with van der Waals surface area (Å²) in [5.41, 5.74) is 2.38. The minimum Gasteiger partial charge on any atom is -0.497 e. The van der Waals surface area contributed by atoms with Gasteiger partial charge in [0.1, 0.15) is 11.5 Å². The molecule has 6 nitrogen and oxygen atoms in total. The maximum absolute atomic E-state index is 12.4. The Bertz CT molecular complexity index is 657. The van der Waals surface area contributed by atoms with Crippen molar-refractivity contribution in [3.8, 4) is 11.5 Å². The maximum Gasteiger partial charge on any atom is 0.252 e. The first kappa shape index (κ1) is 15.9. The van der Waals surface area contributed by atoms with Gasteiger partial charge in [0, 0.05) is 30.4 Å². The summed E-state index contributed by atoms with van der Waals surface area (Å²) in [6, 6.07) is 4.95. The zero-order valence-electron chi connectivity index (χ0n) is 13.5. The number of aromatic nitrogens is 2. The van der Waals surface area contributed by atoms with Gasteiger partial charge in [-0.15, -0.1) is 0 Å². The Morgan fingerprint density at radius 3 is 2.27 bits per heavy atom. The number of ether oxygens (including phenoxy) is 2. The largest absolute Gasteiger partial charge is 0.497 e. The SMILES string of the molecule is COc1cc(OC)cc(C(=O)NC(C)c2cn(C)nc2C)c1. The van der Waals surface area contributed by atoms with Crippen LogP contribution in [0.3, 0.4) is 0 Å². The van der Waals surface area contributed by atoms with Crippen molar-refractivity contribution < 1.29 is 14.3 Å². The van der Waals surface area contributed by atoms with Crippen LogP contribution >= 0.6 is 0 Å². The number of aryl methyl sites for hydroxylation is 2. The van der Waals surface area contributed by atoms with E-state index in [0.29, 0.717) is 17.1 Å². The fraction of sp³-hybridized carbons (Fsp3) is 0.375. The monoisotopic (exact) mass is 303 g/mol. The Morgan fingerprint density at radius 1 is 1.23 bits per heavy atom. The molecule has 0 aliphatic heterocycles. The van der Waals surface area contributed by atoms with Crippen LogP contribution in [0.5, 0.6) is 11.5 Å². The third kappa shape index (κ3) is 3.39. The van der Waals surface area contributed by atoms with Gasteiger partial charge >= 0.3 is 0 Å². The highest BCUT2D eigenvalue weighted by Crippen LogP contribution is 2.23. The predicted octanol–water partition coefficient (Wildman–Crippen LogP) is 2.24. The van der Waals surface area contributed by atoms with Crippen molar-refractivity contribution in [1.82, 2.24) is 15.1 Å². The molecule has 2 rings (SSSR count). The third-order valence-electron chi connectivity index (χ3n) is 3.48. The third-order valence-corrected chi connectivity index (χ3v) is 3.48. The molecule has 1 aromatic carbocycles. The highest BCUT2D eigenvalue weighted by atomic mass is 16.5. The van der Waals surface area contributed by atoms with Gasteiger partial charge in [0.05, 0.1) is 26.0 Å². The van der Waals surface area contributed by atoms with E-state index in [1.54, 1.807) is 37.1 Å². The molecule has 1 amide bonds. The van der Waals surface area contributed by atoms with Crippen molar-refractivity contribution in [3.05, 3.63) is 41.2 Å². The number of carbonyl (C=O) groups excluding carboxylic acids is 1. The summed E-state index contributed by atoms with van der Waals surface area (Å²) in [4.78, 5) is 12.4. The fourth-order valence-electron chi connectivity index (χ4n) is 2.34. The first-order valence-corrected chi connectivity index (χ1v) is 6.98. The summed E-state index contributed by atoms with van der Waals surface area (Å²) in [6.07, 6.45) is 1.91. The van der Waals surface area contributed by atoms with Gasteiger partial charge in [0.25, 0.3) is 5.91 Å². The molecule has 0 saturated carbocycles. The van der Waals surface area contributed by atoms with Crippen LogP contribution in [0.2, 0.25) is 0 Å². The van der Waals surface area contributed by atoms with Gasteiger partial charge < -0.3 is 14.8 Å². The number of amides is 1. The average molecular weight is 303 g/mol. The van der Waals surface area contributed by atoms with Gasteiger partial charge in [-0.2, -0.15) is 5.10 Å². The van der Waals surface area contributed by atoms with E-state index in [1.807, 2.05) is 27.1 Å². The zero-order chi connectivity index (χ0) is 16.3. The van der Waals surface area contributed by atoms with Gasteiger partial charge in [-0.25, -0.2) is 0 Å². The number of nitrogens with one attached hydrogen (secondary N) is 1. The molecule has 0 fully saturated rings. The lowest BCUT2D eigenvalue weighted by molar-refractivity contribution is 0.0939. The summed E-state index contributed by atoms with van der Waals surface area (Å²) in [6.45, 7) is 3.85. The lowest BCUT2D eigenvalue weighted by Gasteiger charge is -2.14. The lowest BCUT2D eigenvalue weighted by atomic mass is 10.1. The fourth-order valence-corrected chi connectivity index (χ4v) is 2.34. The number of hydrogen-bond donors (Lipinski definition) is 1. The molecule has 0 radical (unpaired) electrons. The molecule has 0 aliphatic rings. The molecule has 6 heteroatoms. The molecular weight excluding hydrogens is 282 g/mol. The minimum absolute atomic E-state index is 0.140. The molecule has 1 atom stereocenters. The number of hydrogen-bond acceptors (Lipinski definition) is 4. The molecule has 1 unspecified atom stereocenters. The highest BCUT2D eigenvalue weighted by Gasteiger charge is 2.16. The number of benzene rings is 1.